The standard InChI is InChI=1S/C17H21NO/c1-16(2)14-9-10-17(16,3)15(19)13(14)11-18-12-7-5-4-6-8-12/h4-8,11,14,18H,9-10H2,1-3H3/b13-11-/t14-,17+/m1/s1. The maximum atomic E-state index is 12.6. The molecule has 1 aromatic rings. The second kappa shape index (κ2) is 3.96. The van der Waals surface area contributed by atoms with E-state index in [0.29, 0.717) is 11.7 Å². The summed E-state index contributed by atoms with van der Waals surface area (Å²) in [5, 5.41) is 3.27. The number of carbonyl (C=O) groups excluding carboxylic acids is 1. The summed E-state index contributed by atoms with van der Waals surface area (Å²) in [6.07, 6.45) is 4.11. The molecule has 2 aliphatic rings. The van der Waals surface area contributed by atoms with Crippen LogP contribution in [0.25, 0.3) is 0 Å². The zero-order chi connectivity index (χ0) is 13.7. The summed E-state index contributed by atoms with van der Waals surface area (Å²) in [6.45, 7) is 6.62. The molecule has 2 aliphatic carbocycles. The Morgan fingerprint density at radius 2 is 1.89 bits per heavy atom. The van der Waals surface area contributed by atoms with E-state index in [1.807, 2.05) is 36.5 Å². The first-order valence-electron chi connectivity index (χ1n) is 7.03. The maximum absolute atomic E-state index is 12.6. The van der Waals surface area contributed by atoms with Crippen molar-refractivity contribution >= 4 is 11.5 Å². The van der Waals surface area contributed by atoms with Crippen LogP contribution in [-0.2, 0) is 4.79 Å². The van der Waals surface area contributed by atoms with E-state index >= 15 is 0 Å². The lowest BCUT2D eigenvalue weighted by atomic mass is 9.70. The average molecular weight is 255 g/mol. The molecule has 1 aromatic carbocycles. The van der Waals surface area contributed by atoms with E-state index in [9.17, 15) is 4.79 Å². The van der Waals surface area contributed by atoms with Crippen molar-refractivity contribution in [2.75, 3.05) is 5.32 Å². The van der Waals surface area contributed by atoms with Gasteiger partial charge in [0, 0.05) is 22.9 Å². The van der Waals surface area contributed by atoms with Crippen LogP contribution in [0.2, 0.25) is 0 Å². The van der Waals surface area contributed by atoms with Gasteiger partial charge in [0.1, 0.15) is 0 Å². The molecule has 1 N–H and O–H groups in total. The van der Waals surface area contributed by atoms with E-state index in [1.165, 1.54) is 0 Å². The largest absolute Gasteiger partial charge is 0.361 e. The second-order valence-electron chi connectivity index (χ2n) is 6.58. The van der Waals surface area contributed by atoms with Gasteiger partial charge in [-0.15, -0.1) is 0 Å². The molecule has 0 unspecified atom stereocenters. The molecule has 2 fully saturated rings. The Balaban J connectivity index is 1.89. The zero-order valence-corrected chi connectivity index (χ0v) is 11.9. The Morgan fingerprint density at radius 3 is 2.47 bits per heavy atom. The van der Waals surface area contributed by atoms with Gasteiger partial charge in [-0.25, -0.2) is 0 Å². The molecule has 0 spiro atoms. The van der Waals surface area contributed by atoms with Gasteiger partial charge in [-0.05, 0) is 36.3 Å². The van der Waals surface area contributed by atoms with Crippen LogP contribution in [0, 0.1) is 16.7 Å². The smallest absolute Gasteiger partial charge is 0.167 e. The van der Waals surface area contributed by atoms with E-state index in [4.69, 9.17) is 0 Å². The van der Waals surface area contributed by atoms with Crippen molar-refractivity contribution in [2.24, 2.45) is 16.7 Å². The van der Waals surface area contributed by atoms with Crippen LogP contribution in [-0.4, -0.2) is 5.78 Å². The van der Waals surface area contributed by atoms with Gasteiger partial charge < -0.3 is 5.32 Å². The number of fused-ring (bicyclic) bond motifs is 2. The summed E-state index contributed by atoms with van der Waals surface area (Å²) in [4.78, 5) is 12.6. The summed E-state index contributed by atoms with van der Waals surface area (Å²) in [5.41, 5.74) is 1.95. The first-order chi connectivity index (χ1) is 8.97. The Morgan fingerprint density at radius 1 is 1.21 bits per heavy atom. The van der Waals surface area contributed by atoms with Crippen molar-refractivity contribution in [2.45, 2.75) is 33.6 Å². The van der Waals surface area contributed by atoms with Gasteiger partial charge in [-0.2, -0.15) is 0 Å². The van der Waals surface area contributed by atoms with Gasteiger partial charge in [-0.1, -0.05) is 39.0 Å². The van der Waals surface area contributed by atoms with Gasteiger partial charge in [-0.3, -0.25) is 4.79 Å². The molecule has 0 heterocycles. The van der Waals surface area contributed by atoms with Crippen LogP contribution in [0.4, 0.5) is 5.69 Å². The fourth-order valence-electron chi connectivity index (χ4n) is 3.79. The molecule has 2 nitrogen and oxygen atoms in total. The number of hydrogen-bond acceptors (Lipinski definition) is 2. The van der Waals surface area contributed by atoms with Crippen molar-refractivity contribution in [3.8, 4) is 0 Å². The Bertz CT molecular complexity index is 544. The number of Topliss-reactive ketones (excluding diaryl/α,β-unsaturated/α-hetero) is 1. The molecule has 2 heteroatoms. The lowest BCUT2D eigenvalue weighted by Gasteiger charge is -2.31. The van der Waals surface area contributed by atoms with Crippen LogP contribution in [0.3, 0.4) is 0 Å². The number of carbonyl (C=O) groups is 1. The molecular weight excluding hydrogens is 234 g/mol. The predicted molar refractivity (Wildman–Crippen MR) is 77.8 cm³/mol. The van der Waals surface area contributed by atoms with E-state index in [2.05, 4.69) is 26.1 Å². The molecule has 2 atom stereocenters. The summed E-state index contributed by atoms with van der Waals surface area (Å²) in [7, 11) is 0. The number of hydrogen-bond donors (Lipinski definition) is 1. The molecule has 0 saturated heterocycles. The predicted octanol–water partition coefficient (Wildman–Crippen LogP) is 4.01. The lowest BCUT2D eigenvalue weighted by Crippen LogP contribution is -2.32. The molecule has 3 rings (SSSR count). The molecule has 0 radical (unpaired) electrons. The van der Waals surface area contributed by atoms with Gasteiger partial charge in [0.15, 0.2) is 5.78 Å². The number of rotatable bonds is 2. The number of nitrogens with one attached hydrogen (secondary N) is 1. The molecule has 0 aliphatic heterocycles. The van der Waals surface area contributed by atoms with Crippen LogP contribution in [0.5, 0.6) is 0 Å². The highest BCUT2D eigenvalue weighted by atomic mass is 16.1. The van der Waals surface area contributed by atoms with Crippen LogP contribution >= 0.6 is 0 Å². The molecule has 0 amide bonds. The van der Waals surface area contributed by atoms with Crippen LogP contribution < -0.4 is 5.32 Å². The first kappa shape index (κ1) is 12.5. The molecule has 100 valence electrons. The van der Waals surface area contributed by atoms with E-state index < -0.39 is 0 Å². The van der Waals surface area contributed by atoms with Gasteiger partial charge in [0.2, 0.25) is 0 Å². The first-order valence-corrected chi connectivity index (χ1v) is 7.03. The van der Waals surface area contributed by atoms with Crippen molar-refractivity contribution in [1.29, 1.82) is 0 Å². The monoisotopic (exact) mass is 255 g/mol. The highest BCUT2D eigenvalue weighted by Gasteiger charge is 2.63. The van der Waals surface area contributed by atoms with Gasteiger partial charge in [0.05, 0.1) is 0 Å². The summed E-state index contributed by atoms with van der Waals surface area (Å²) in [5.74, 6) is 0.749. The molecule has 2 bridgehead atoms. The van der Waals surface area contributed by atoms with Crippen LogP contribution in [0.1, 0.15) is 33.6 Å². The fraction of sp³-hybridized carbons (Fsp3) is 0.471. The summed E-state index contributed by atoms with van der Waals surface area (Å²) in [6, 6.07) is 10.0. The van der Waals surface area contributed by atoms with Crippen molar-refractivity contribution in [3.63, 3.8) is 0 Å². The third-order valence-corrected chi connectivity index (χ3v) is 5.53. The normalized spacial score (nSPS) is 33.9. The van der Waals surface area contributed by atoms with Crippen LogP contribution in [0.15, 0.2) is 42.1 Å². The highest BCUT2D eigenvalue weighted by molar-refractivity contribution is 6.04. The minimum Gasteiger partial charge on any atom is -0.361 e. The van der Waals surface area contributed by atoms with Crippen molar-refractivity contribution in [1.82, 2.24) is 0 Å². The molecule has 2 saturated carbocycles. The summed E-state index contributed by atoms with van der Waals surface area (Å²) < 4.78 is 0. The fourth-order valence-corrected chi connectivity index (χ4v) is 3.79. The molecular formula is C17H21NO. The number of anilines is 1. The molecule has 19 heavy (non-hydrogen) atoms. The van der Waals surface area contributed by atoms with Gasteiger partial charge in [0.25, 0.3) is 0 Å². The van der Waals surface area contributed by atoms with Gasteiger partial charge >= 0.3 is 0 Å². The topological polar surface area (TPSA) is 29.1 Å². The Kier molecular flexibility index (Phi) is 2.60. The highest BCUT2D eigenvalue weighted by Crippen LogP contribution is 2.65. The van der Waals surface area contributed by atoms with E-state index in [1.54, 1.807) is 0 Å². The van der Waals surface area contributed by atoms with E-state index in [0.717, 1.165) is 24.1 Å². The quantitative estimate of drug-likeness (QED) is 0.809. The average Bonchev–Trinajstić information content (AvgIpc) is 2.70. The number of benzene rings is 1. The van der Waals surface area contributed by atoms with Crippen molar-refractivity contribution in [3.05, 3.63) is 42.1 Å². The minimum absolute atomic E-state index is 0.0916. The molecule has 0 aromatic heterocycles. The SMILES string of the molecule is CC1(C)[C@@H]2CC[C@@]1(C)C(=O)/C2=C\Nc1ccccc1. The van der Waals surface area contributed by atoms with E-state index in [-0.39, 0.29) is 10.8 Å². The Labute approximate surface area is 114 Å². The third-order valence-electron chi connectivity index (χ3n) is 5.53. The second-order valence-corrected chi connectivity index (χ2v) is 6.58. The number of para-hydroxylation sites is 1. The lowest BCUT2D eigenvalue weighted by molar-refractivity contribution is -0.125. The zero-order valence-electron chi connectivity index (χ0n) is 11.9. The Hall–Kier alpha value is -1.57. The third kappa shape index (κ3) is 1.59. The number of ketones is 1. The summed E-state index contributed by atoms with van der Waals surface area (Å²) >= 11 is 0. The maximum Gasteiger partial charge on any atom is 0.167 e. The van der Waals surface area contributed by atoms with Crippen molar-refractivity contribution < 1.29 is 4.79 Å². The number of allylic oxidation sites excluding steroid dienone is 1. The minimum atomic E-state index is -0.165.